The highest BCUT2D eigenvalue weighted by atomic mass is 127. The molecule has 126 valence electrons. The summed E-state index contributed by atoms with van der Waals surface area (Å²) in [6.45, 7) is 1.02. The lowest BCUT2D eigenvalue weighted by Crippen LogP contribution is -2.38. The molecule has 0 aliphatic carbocycles. The summed E-state index contributed by atoms with van der Waals surface area (Å²) in [4.78, 5) is 4.09. The molecule has 0 saturated carbocycles. The van der Waals surface area contributed by atoms with Gasteiger partial charge in [0.15, 0.2) is 5.96 Å². The minimum atomic E-state index is -0.435. The molecule has 1 aromatic heterocycles. The molecule has 5 nitrogen and oxygen atoms in total. The fraction of sp³-hybridized carbons (Fsp3) is 0.333. The topological polar surface area (TPSA) is 54.2 Å². The number of aryl methyl sites for hydroxylation is 1. The fourth-order valence-corrected chi connectivity index (χ4v) is 2.02. The molecule has 0 atom stereocenters. The molecule has 0 unspecified atom stereocenters. The maximum absolute atomic E-state index is 13.5. The predicted octanol–water partition coefficient (Wildman–Crippen LogP) is 2.22. The summed E-state index contributed by atoms with van der Waals surface area (Å²) in [5.74, 6) is -0.242. The summed E-state index contributed by atoms with van der Waals surface area (Å²) in [6.07, 6.45) is 2.09. The Kier molecular flexibility index (Phi) is 7.93. The molecule has 0 saturated heterocycles. The van der Waals surface area contributed by atoms with E-state index in [-0.39, 0.29) is 24.0 Å². The van der Waals surface area contributed by atoms with Gasteiger partial charge in [-0.25, -0.2) is 8.78 Å². The minimum absolute atomic E-state index is 0. The second-order valence-electron chi connectivity index (χ2n) is 4.78. The van der Waals surface area contributed by atoms with E-state index in [0.29, 0.717) is 31.0 Å². The third-order valence-corrected chi connectivity index (χ3v) is 3.28. The molecule has 0 amide bonds. The number of nitrogens with zero attached hydrogens (tertiary/aromatic N) is 3. The standard InChI is InChI=1S/C15H19F2N5.HI/c1-18-15(20-10-13-6-8-21-22(13)2)19-7-5-11-9-12(16)3-4-14(11)17;/h3-4,6,8-9H,5,7,10H2,1-2H3,(H2,18,19,20);1H. The number of hydrogen-bond donors (Lipinski definition) is 2. The van der Waals surface area contributed by atoms with Crippen LogP contribution >= 0.6 is 24.0 Å². The Morgan fingerprint density at radius 2 is 2.04 bits per heavy atom. The van der Waals surface area contributed by atoms with E-state index in [1.165, 1.54) is 6.07 Å². The van der Waals surface area contributed by atoms with Gasteiger partial charge in [0.25, 0.3) is 0 Å². The third kappa shape index (κ3) is 5.77. The lowest BCUT2D eigenvalue weighted by atomic mass is 10.1. The van der Waals surface area contributed by atoms with Gasteiger partial charge in [0.1, 0.15) is 11.6 Å². The quantitative estimate of drug-likeness (QED) is 0.431. The normalized spacial score (nSPS) is 11.0. The van der Waals surface area contributed by atoms with Gasteiger partial charge in [-0.3, -0.25) is 9.67 Å². The summed E-state index contributed by atoms with van der Waals surface area (Å²) < 4.78 is 28.4. The van der Waals surface area contributed by atoms with Crippen LogP contribution in [0.25, 0.3) is 0 Å². The smallest absolute Gasteiger partial charge is 0.191 e. The lowest BCUT2D eigenvalue weighted by Gasteiger charge is -2.12. The average molecular weight is 435 g/mol. The number of aliphatic imine (C=N–C) groups is 1. The third-order valence-electron chi connectivity index (χ3n) is 3.28. The molecule has 0 spiro atoms. The van der Waals surface area contributed by atoms with Crippen molar-refractivity contribution in [3.63, 3.8) is 0 Å². The highest BCUT2D eigenvalue weighted by molar-refractivity contribution is 14.0. The van der Waals surface area contributed by atoms with Crippen molar-refractivity contribution >= 4 is 29.9 Å². The number of nitrogens with one attached hydrogen (secondary N) is 2. The first-order valence-corrected chi connectivity index (χ1v) is 6.95. The van der Waals surface area contributed by atoms with Gasteiger partial charge < -0.3 is 10.6 Å². The maximum atomic E-state index is 13.5. The number of hydrogen-bond acceptors (Lipinski definition) is 2. The molecule has 8 heteroatoms. The maximum Gasteiger partial charge on any atom is 0.191 e. The lowest BCUT2D eigenvalue weighted by molar-refractivity contribution is 0.583. The predicted molar refractivity (Wildman–Crippen MR) is 96.9 cm³/mol. The Bertz CT molecular complexity index is 657. The van der Waals surface area contributed by atoms with Crippen LogP contribution in [-0.2, 0) is 20.0 Å². The van der Waals surface area contributed by atoms with E-state index in [1.54, 1.807) is 17.9 Å². The van der Waals surface area contributed by atoms with Crippen molar-refractivity contribution in [1.82, 2.24) is 20.4 Å². The number of benzene rings is 1. The zero-order valence-corrected chi connectivity index (χ0v) is 15.3. The van der Waals surface area contributed by atoms with Crippen LogP contribution in [0.1, 0.15) is 11.3 Å². The van der Waals surface area contributed by atoms with Gasteiger partial charge in [-0.15, -0.1) is 24.0 Å². The first-order chi connectivity index (χ1) is 10.6. The van der Waals surface area contributed by atoms with E-state index in [0.717, 1.165) is 17.8 Å². The number of aromatic nitrogens is 2. The van der Waals surface area contributed by atoms with E-state index >= 15 is 0 Å². The van der Waals surface area contributed by atoms with E-state index in [9.17, 15) is 8.78 Å². The van der Waals surface area contributed by atoms with Crippen LogP contribution in [0, 0.1) is 11.6 Å². The van der Waals surface area contributed by atoms with E-state index < -0.39 is 11.6 Å². The first-order valence-electron chi connectivity index (χ1n) is 6.95. The summed E-state index contributed by atoms with van der Waals surface area (Å²) in [6, 6.07) is 5.37. The summed E-state index contributed by atoms with van der Waals surface area (Å²) >= 11 is 0. The first kappa shape index (κ1) is 19.3. The van der Waals surface area contributed by atoms with Crippen LogP contribution in [0.4, 0.5) is 8.78 Å². The molecule has 23 heavy (non-hydrogen) atoms. The summed E-state index contributed by atoms with van der Waals surface area (Å²) in [5, 5.41) is 10.3. The molecule has 0 radical (unpaired) electrons. The van der Waals surface area contributed by atoms with Gasteiger partial charge in [-0.1, -0.05) is 0 Å². The van der Waals surface area contributed by atoms with Crippen molar-refractivity contribution in [2.75, 3.05) is 13.6 Å². The van der Waals surface area contributed by atoms with E-state index in [2.05, 4.69) is 20.7 Å². The Balaban J connectivity index is 0.00000264. The number of guanidine groups is 1. The van der Waals surface area contributed by atoms with E-state index in [4.69, 9.17) is 0 Å². The van der Waals surface area contributed by atoms with Crippen LogP contribution in [0.5, 0.6) is 0 Å². The van der Waals surface area contributed by atoms with Gasteiger partial charge in [0, 0.05) is 26.8 Å². The average Bonchev–Trinajstić information content (AvgIpc) is 2.91. The van der Waals surface area contributed by atoms with Crippen LogP contribution in [-0.4, -0.2) is 29.3 Å². The van der Waals surface area contributed by atoms with Crippen LogP contribution in [0.2, 0.25) is 0 Å². The second-order valence-corrected chi connectivity index (χ2v) is 4.78. The number of rotatable bonds is 5. The van der Waals surface area contributed by atoms with E-state index in [1.807, 2.05) is 13.1 Å². The molecule has 0 fully saturated rings. The Hall–Kier alpha value is -1.71. The summed E-state index contributed by atoms with van der Waals surface area (Å²) in [5.41, 5.74) is 1.36. The molecule has 1 aromatic carbocycles. The molecular formula is C15H20F2IN5. The van der Waals surface area contributed by atoms with Crippen molar-refractivity contribution in [1.29, 1.82) is 0 Å². The Morgan fingerprint density at radius 1 is 1.26 bits per heavy atom. The van der Waals surface area contributed by atoms with Gasteiger partial charge >= 0.3 is 0 Å². The fourth-order valence-electron chi connectivity index (χ4n) is 2.02. The van der Waals surface area contributed by atoms with Gasteiger partial charge in [-0.2, -0.15) is 5.10 Å². The highest BCUT2D eigenvalue weighted by Gasteiger charge is 2.05. The van der Waals surface area contributed by atoms with Crippen molar-refractivity contribution < 1.29 is 8.78 Å². The van der Waals surface area contributed by atoms with Crippen molar-refractivity contribution in [3.05, 3.63) is 53.4 Å². The SMILES string of the molecule is CN=C(NCCc1cc(F)ccc1F)NCc1ccnn1C.I. The molecular weight excluding hydrogens is 415 g/mol. The van der Waals surface area contributed by atoms with Crippen LogP contribution in [0.15, 0.2) is 35.5 Å². The van der Waals surface area contributed by atoms with Crippen LogP contribution in [0.3, 0.4) is 0 Å². The second kappa shape index (κ2) is 9.43. The Labute approximate surface area is 151 Å². The van der Waals surface area contributed by atoms with Crippen LogP contribution < -0.4 is 10.6 Å². The monoisotopic (exact) mass is 435 g/mol. The van der Waals surface area contributed by atoms with Gasteiger partial charge in [-0.05, 0) is 36.2 Å². The molecule has 2 aromatic rings. The Morgan fingerprint density at radius 3 is 2.70 bits per heavy atom. The van der Waals surface area contributed by atoms with Crippen molar-refractivity contribution in [3.8, 4) is 0 Å². The van der Waals surface area contributed by atoms with Gasteiger partial charge in [0.2, 0.25) is 0 Å². The molecule has 0 aliphatic heterocycles. The largest absolute Gasteiger partial charge is 0.356 e. The summed E-state index contributed by atoms with van der Waals surface area (Å²) in [7, 11) is 3.52. The minimum Gasteiger partial charge on any atom is -0.356 e. The molecule has 0 bridgehead atoms. The zero-order valence-electron chi connectivity index (χ0n) is 13.0. The highest BCUT2D eigenvalue weighted by Crippen LogP contribution is 2.09. The molecule has 2 N–H and O–H groups in total. The number of halogens is 3. The zero-order chi connectivity index (χ0) is 15.9. The molecule has 1 heterocycles. The van der Waals surface area contributed by atoms with Gasteiger partial charge in [0.05, 0.1) is 12.2 Å². The molecule has 2 rings (SSSR count). The van der Waals surface area contributed by atoms with Crippen molar-refractivity contribution in [2.24, 2.45) is 12.0 Å². The molecule has 0 aliphatic rings. The van der Waals surface area contributed by atoms with Crippen molar-refractivity contribution in [2.45, 2.75) is 13.0 Å².